The van der Waals surface area contributed by atoms with Gasteiger partial charge in [-0.25, -0.2) is 0 Å². The molecule has 0 aliphatic carbocycles. The number of likely N-dealkylation sites (tertiary alicyclic amines) is 1. The average molecular weight is 351 g/mol. The van der Waals surface area contributed by atoms with Gasteiger partial charge in [-0.3, -0.25) is 4.79 Å². The zero-order chi connectivity index (χ0) is 15.8. The first-order valence-electron chi connectivity index (χ1n) is 8.29. The van der Waals surface area contributed by atoms with E-state index in [-0.39, 0.29) is 18.3 Å². The van der Waals surface area contributed by atoms with Crippen molar-refractivity contribution >= 4 is 24.4 Å². The monoisotopic (exact) mass is 350 g/mol. The Hall–Kier alpha value is -1.72. The lowest BCUT2D eigenvalue weighted by Gasteiger charge is -2.27. The molecule has 0 aromatic heterocycles. The molecule has 3 heterocycles. The third-order valence-corrected chi connectivity index (χ3v) is 5.02. The molecule has 0 radical (unpaired) electrons. The summed E-state index contributed by atoms with van der Waals surface area (Å²) in [5.74, 6) is 1.68. The minimum atomic E-state index is 0. The zero-order valence-electron chi connectivity index (χ0n) is 13.8. The molecule has 3 aliphatic rings. The van der Waals surface area contributed by atoms with Crippen molar-refractivity contribution in [2.75, 3.05) is 26.8 Å². The summed E-state index contributed by atoms with van der Waals surface area (Å²) in [5.41, 5.74) is 1.64. The number of amides is 1. The first-order chi connectivity index (χ1) is 11.2. The first-order valence-corrected chi connectivity index (χ1v) is 8.29. The number of ether oxygens (including phenoxy) is 2. The summed E-state index contributed by atoms with van der Waals surface area (Å²) in [6.07, 6.45) is 5.40. The number of benzene rings is 1. The number of halogens is 1. The molecule has 2 unspecified atom stereocenters. The lowest BCUT2D eigenvalue weighted by atomic mass is 10.0. The second kappa shape index (κ2) is 7.03. The highest BCUT2D eigenvalue weighted by atomic mass is 35.5. The topological polar surface area (TPSA) is 50.8 Å². The van der Waals surface area contributed by atoms with Gasteiger partial charge in [-0.15, -0.1) is 12.4 Å². The van der Waals surface area contributed by atoms with E-state index in [0.29, 0.717) is 18.7 Å². The molecular formula is C18H23ClN2O3. The molecule has 5 nitrogen and oxygen atoms in total. The third-order valence-electron chi connectivity index (χ3n) is 5.02. The lowest BCUT2D eigenvalue weighted by molar-refractivity contribution is -0.127. The molecule has 3 aliphatic heterocycles. The predicted octanol–water partition coefficient (Wildman–Crippen LogP) is 2.25. The van der Waals surface area contributed by atoms with Gasteiger partial charge in [0, 0.05) is 30.7 Å². The largest absolute Gasteiger partial charge is 0.497 e. The third kappa shape index (κ3) is 3.23. The minimum Gasteiger partial charge on any atom is -0.497 e. The van der Waals surface area contributed by atoms with Crippen molar-refractivity contribution in [3.8, 4) is 11.5 Å². The van der Waals surface area contributed by atoms with E-state index in [2.05, 4.69) is 5.32 Å². The molecule has 1 aromatic carbocycles. The van der Waals surface area contributed by atoms with Crippen LogP contribution in [-0.2, 0) is 4.79 Å². The van der Waals surface area contributed by atoms with Crippen LogP contribution in [0.4, 0.5) is 0 Å². The Morgan fingerprint density at radius 2 is 2.12 bits per heavy atom. The summed E-state index contributed by atoms with van der Waals surface area (Å²) < 4.78 is 11.0. The number of carbonyl (C=O) groups is 1. The van der Waals surface area contributed by atoms with Crippen molar-refractivity contribution in [1.29, 1.82) is 0 Å². The molecule has 4 rings (SSSR count). The summed E-state index contributed by atoms with van der Waals surface area (Å²) in [6, 6.07) is 6.70. The van der Waals surface area contributed by atoms with E-state index in [1.54, 1.807) is 7.11 Å². The highest BCUT2D eigenvalue weighted by Crippen LogP contribution is 2.31. The average Bonchev–Trinajstić information content (AvgIpc) is 2.92. The van der Waals surface area contributed by atoms with Gasteiger partial charge in [0.2, 0.25) is 0 Å². The van der Waals surface area contributed by atoms with Crippen molar-refractivity contribution in [1.82, 2.24) is 10.2 Å². The van der Waals surface area contributed by atoms with E-state index in [0.717, 1.165) is 42.1 Å². The fraction of sp³-hybridized carbons (Fsp3) is 0.500. The Bertz CT molecular complexity index is 662. The van der Waals surface area contributed by atoms with E-state index in [4.69, 9.17) is 9.47 Å². The normalized spacial score (nSPS) is 24.9. The SMILES string of the molecule is COc1ccc2c(c1)C=C(C(=O)N1CCC3CCC(C1)N3)CO2.Cl. The van der Waals surface area contributed by atoms with Gasteiger partial charge in [0.25, 0.3) is 5.91 Å². The molecule has 2 fully saturated rings. The van der Waals surface area contributed by atoms with Gasteiger partial charge in [0.05, 0.1) is 12.7 Å². The van der Waals surface area contributed by atoms with Gasteiger partial charge >= 0.3 is 0 Å². The molecule has 6 heteroatoms. The van der Waals surface area contributed by atoms with Gasteiger partial charge in [-0.2, -0.15) is 0 Å². The van der Waals surface area contributed by atoms with Crippen molar-refractivity contribution in [2.24, 2.45) is 0 Å². The second-order valence-electron chi connectivity index (χ2n) is 6.54. The highest BCUT2D eigenvalue weighted by Gasteiger charge is 2.32. The summed E-state index contributed by atoms with van der Waals surface area (Å²) in [5, 5.41) is 3.61. The van der Waals surface area contributed by atoms with Crippen LogP contribution in [0.25, 0.3) is 6.08 Å². The Labute approximate surface area is 148 Å². The van der Waals surface area contributed by atoms with Crippen LogP contribution in [0.5, 0.6) is 11.5 Å². The van der Waals surface area contributed by atoms with Crippen molar-refractivity contribution < 1.29 is 14.3 Å². The second-order valence-corrected chi connectivity index (χ2v) is 6.54. The summed E-state index contributed by atoms with van der Waals surface area (Å²) in [4.78, 5) is 14.8. The molecule has 1 aromatic rings. The number of hydrogen-bond acceptors (Lipinski definition) is 4. The van der Waals surface area contributed by atoms with E-state index >= 15 is 0 Å². The Morgan fingerprint density at radius 1 is 1.29 bits per heavy atom. The van der Waals surface area contributed by atoms with E-state index < -0.39 is 0 Å². The molecular weight excluding hydrogens is 328 g/mol. The van der Waals surface area contributed by atoms with E-state index in [1.165, 1.54) is 12.8 Å². The number of fused-ring (bicyclic) bond motifs is 3. The predicted molar refractivity (Wildman–Crippen MR) is 94.9 cm³/mol. The number of nitrogens with one attached hydrogen (secondary N) is 1. The minimum absolute atomic E-state index is 0. The Kier molecular flexibility index (Phi) is 5.01. The van der Waals surface area contributed by atoms with Crippen LogP contribution < -0.4 is 14.8 Å². The summed E-state index contributed by atoms with van der Waals surface area (Å²) in [6.45, 7) is 1.98. The maximum atomic E-state index is 12.9. The van der Waals surface area contributed by atoms with Gasteiger partial charge in [0.15, 0.2) is 0 Å². The van der Waals surface area contributed by atoms with Crippen LogP contribution in [0, 0.1) is 0 Å². The Morgan fingerprint density at radius 3 is 2.96 bits per heavy atom. The molecule has 1 N–H and O–H groups in total. The maximum Gasteiger partial charge on any atom is 0.253 e. The van der Waals surface area contributed by atoms with Crippen LogP contribution >= 0.6 is 12.4 Å². The molecule has 24 heavy (non-hydrogen) atoms. The molecule has 130 valence electrons. The molecule has 2 saturated heterocycles. The standard InChI is InChI=1S/C18H22N2O3.ClH/c1-22-16-4-5-17-12(9-16)8-13(11-23-17)18(21)20-7-6-14-2-3-15(10-20)19-14;/h4-5,8-9,14-15,19H,2-3,6-7,10-11H2,1H3;1H. The van der Waals surface area contributed by atoms with Gasteiger partial charge in [-0.05, 0) is 43.5 Å². The van der Waals surface area contributed by atoms with Crippen molar-refractivity contribution in [3.05, 3.63) is 29.3 Å². The van der Waals surface area contributed by atoms with Crippen LogP contribution in [0.3, 0.4) is 0 Å². The zero-order valence-corrected chi connectivity index (χ0v) is 14.6. The van der Waals surface area contributed by atoms with Crippen molar-refractivity contribution in [3.63, 3.8) is 0 Å². The van der Waals surface area contributed by atoms with E-state index in [9.17, 15) is 4.79 Å². The summed E-state index contributed by atoms with van der Waals surface area (Å²) in [7, 11) is 1.64. The number of nitrogens with zero attached hydrogens (tertiary/aromatic N) is 1. The van der Waals surface area contributed by atoms with Crippen LogP contribution in [-0.4, -0.2) is 49.7 Å². The highest BCUT2D eigenvalue weighted by molar-refractivity contribution is 5.99. The lowest BCUT2D eigenvalue weighted by Crippen LogP contribution is -2.40. The summed E-state index contributed by atoms with van der Waals surface area (Å²) >= 11 is 0. The van der Waals surface area contributed by atoms with Crippen LogP contribution in [0.1, 0.15) is 24.8 Å². The van der Waals surface area contributed by atoms with Crippen molar-refractivity contribution in [2.45, 2.75) is 31.3 Å². The van der Waals surface area contributed by atoms with Gasteiger partial charge < -0.3 is 19.7 Å². The molecule has 2 atom stereocenters. The number of rotatable bonds is 2. The number of methoxy groups -OCH3 is 1. The van der Waals surface area contributed by atoms with E-state index in [1.807, 2.05) is 29.2 Å². The molecule has 1 amide bonds. The maximum absolute atomic E-state index is 12.9. The molecule has 0 spiro atoms. The molecule has 0 saturated carbocycles. The number of hydrogen-bond donors (Lipinski definition) is 1. The van der Waals surface area contributed by atoms with Gasteiger partial charge in [-0.1, -0.05) is 0 Å². The first kappa shape index (κ1) is 17.1. The smallest absolute Gasteiger partial charge is 0.253 e. The van der Waals surface area contributed by atoms with Gasteiger partial charge in [0.1, 0.15) is 18.1 Å². The molecule has 2 bridgehead atoms. The van der Waals surface area contributed by atoms with Crippen LogP contribution in [0.15, 0.2) is 23.8 Å². The quantitative estimate of drug-likeness (QED) is 0.888. The van der Waals surface area contributed by atoms with Crippen LogP contribution in [0.2, 0.25) is 0 Å². The fourth-order valence-electron chi connectivity index (χ4n) is 3.74. The Balaban J connectivity index is 0.00000169. The fourth-order valence-corrected chi connectivity index (χ4v) is 3.74. The number of carbonyl (C=O) groups excluding carboxylic acids is 1.